The van der Waals surface area contributed by atoms with Crippen LogP contribution in [0.1, 0.15) is 22.1 Å². The van der Waals surface area contributed by atoms with Gasteiger partial charge < -0.3 is 14.4 Å². The van der Waals surface area contributed by atoms with Crippen LogP contribution in [0.15, 0.2) is 59.2 Å². The lowest BCUT2D eigenvalue weighted by Gasteiger charge is -2.39. The summed E-state index contributed by atoms with van der Waals surface area (Å²) in [5.74, 6) is 1.42. The van der Waals surface area contributed by atoms with Crippen molar-refractivity contribution in [2.75, 3.05) is 20.2 Å². The van der Waals surface area contributed by atoms with Crippen LogP contribution in [0.3, 0.4) is 0 Å². The van der Waals surface area contributed by atoms with Gasteiger partial charge in [0.15, 0.2) is 0 Å². The smallest absolute Gasteiger partial charge is 0.255 e. The molecule has 144 valence electrons. The van der Waals surface area contributed by atoms with E-state index < -0.39 is 0 Å². The van der Waals surface area contributed by atoms with E-state index in [9.17, 15) is 4.79 Å². The second-order valence-electron chi connectivity index (χ2n) is 6.50. The minimum Gasteiger partial charge on any atom is -0.497 e. The molecule has 1 aromatic heterocycles. The van der Waals surface area contributed by atoms with Crippen molar-refractivity contribution in [1.82, 2.24) is 19.9 Å². The molecule has 1 saturated heterocycles. The summed E-state index contributed by atoms with van der Waals surface area (Å²) in [4.78, 5) is 14.5. The van der Waals surface area contributed by atoms with Crippen molar-refractivity contribution in [2.45, 2.75) is 12.6 Å². The number of nitrogens with zero attached hydrogens (tertiary/aromatic N) is 4. The van der Waals surface area contributed by atoms with Crippen molar-refractivity contribution in [3.63, 3.8) is 0 Å². The summed E-state index contributed by atoms with van der Waals surface area (Å²) < 4.78 is 13.5. The lowest BCUT2D eigenvalue weighted by Crippen LogP contribution is -2.51. The van der Waals surface area contributed by atoms with E-state index in [1.807, 2.05) is 48.7 Å². The van der Waals surface area contributed by atoms with E-state index >= 15 is 0 Å². The summed E-state index contributed by atoms with van der Waals surface area (Å²) in [6, 6.07) is 15.1. The first kappa shape index (κ1) is 18.5. The number of benzene rings is 2. The van der Waals surface area contributed by atoms with Crippen LogP contribution in [-0.4, -0.2) is 46.0 Å². The Bertz CT molecular complexity index is 971. The highest BCUT2D eigenvalue weighted by Crippen LogP contribution is 2.28. The Labute approximate surface area is 171 Å². The van der Waals surface area contributed by atoms with Crippen molar-refractivity contribution in [1.29, 1.82) is 0 Å². The molecule has 1 amide bonds. The number of halogens is 1. The molecule has 1 aliphatic rings. The van der Waals surface area contributed by atoms with Gasteiger partial charge in [0, 0.05) is 17.6 Å². The van der Waals surface area contributed by atoms with E-state index in [-0.39, 0.29) is 11.9 Å². The van der Waals surface area contributed by atoms with Crippen molar-refractivity contribution in [2.24, 2.45) is 0 Å². The molecule has 3 aromatic rings. The van der Waals surface area contributed by atoms with Gasteiger partial charge in [-0.2, -0.15) is 0 Å². The van der Waals surface area contributed by atoms with Crippen LogP contribution >= 0.6 is 15.9 Å². The topological polar surface area (TPSA) is 69.5 Å². The second-order valence-corrected chi connectivity index (χ2v) is 7.36. The third-order valence-corrected chi connectivity index (χ3v) is 5.31. The third kappa shape index (κ3) is 3.87. The largest absolute Gasteiger partial charge is 0.497 e. The Hall–Kier alpha value is -2.87. The zero-order chi connectivity index (χ0) is 19.5. The summed E-state index contributed by atoms with van der Waals surface area (Å²) >= 11 is 3.44. The van der Waals surface area contributed by atoms with Gasteiger partial charge in [0.25, 0.3) is 5.91 Å². The Morgan fingerprint density at radius 1 is 1.18 bits per heavy atom. The number of carbonyl (C=O) groups excluding carboxylic acids is 1. The third-order valence-electron chi connectivity index (χ3n) is 4.62. The van der Waals surface area contributed by atoms with E-state index in [0.29, 0.717) is 31.0 Å². The second kappa shape index (κ2) is 8.02. The predicted octanol–water partition coefficient (Wildman–Crippen LogP) is 3.33. The minimum absolute atomic E-state index is 0.0326. The van der Waals surface area contributed by atoms with Crippen LogP contribution in [0.25, 0.3) is 0 Å². The molecule has 0 saturated carbocycles. The number of para-hydroxylation sites is 1. The number of likely N-dealkylation sites (tertiary alicyclic amines) is 1. The molecule has 0 aliphatic carbocycles. The first-order valence-electron chi connectivity index (χ1n) is 8.85. The van der Waals surface area contributed by atoms with Gasteiger partial charge in [-0.15, -0.1) is 5.10 Å². The number of methoxy groups -OCH3 is 1. The van der Waals surface area contributed by atoms with Crippen LogP contribution in [0.5, 0.6) is 11.5 Å². The highest BCUT2D eigenvalue weighted by atomic mass is 79.9. The van der Waals surface area contributed by atoms with Gasteiger partial charge in [-0.05, 0) is 46.3 Å². The number of carbonyl (C=O) groups is 1. The molecule has 2 heterocycles. The zero-order valence-electron chi connectivity index (χ0n) is 15.3. The van der Waals surface area contributed by atoms with Crippen molar-refractivity contribution in [3.05, 3.63) is 70.5 Å². The summed E-state index contributed by atoms with van der Waals surface area (Å²) in [5.41, 5.74) is 1.34. The summed E-state index contributed by atoms with van der Waals surface area (Å²) in [7, 11) is 1.58. The van der Waals surface area contributed by atoms with Gasteiger partial charge in [-0.3, -0.25) is 4.79 Å². The van der Waals surface area contributed by atoms with Gasteiger partial charge in [0.2, 0.25) is 0 Å². The first-order chi connectivity index (χ1) is 13.6. The summed E-state index contributed by atoms with van der Waals surface area (Å²) in [5, 5.41) is 8.34. The Morgan fingerprint density at radius 2 is 1.96 bits per heavy atom. The molecule has 0 radical (unpaired) electrons. The fraction of sp³-hybridized carbons (Fsp3) is 0.250. The standard InChI is InChI=1S/C20H19BrN4O3/c1-27-17-7-8-19(21)18(9-17)20(26)24-11-15(12-24)25-10-14(22-23-25)13-28-16-5-3-2-4-6-16/h2-10,15H,11-13H2,1H3. The molecule has 1 aliphatic heterocycles. The van der Waals surface area contributed by atoms with Crippen LogP contribution < -0.4 is 9.47 Å². The minimum atomic E-state index is -0.0326. The molecule has 0 spiro atoms. The average molecular weight is 443 g/mol. The lowest BCUT2D eigenvalue weighted by molar-refractivity contribution is 0.0497. The van der Waals surface area contributed by atoms with E-state index in [0.717, 1.165) is 15.9 Å². The van der Waals surface area contributed by atoms with Gasteiger partial charge in [0.1, 0.15) is 23.8 Å². The van der Waals surface area contributed by atoms with E-state index in [1.54, 1.807) is 22.8 Å². The molecule has 0 unspecified atom stereocenters. The maximum atomic E-state index is 12.7. The molecule has 28 heavy (non-hydrogen) atoms. The predicted molar refractivity (Wildman–Crippen MR) is 106 cm³/mol. The van der Waals surface area contributed by atoms with E-state index in [2.05, 4.69) is 26.2 Å². The maximum Gasteiger partial charge on any atom is 0.255 e. The molecular weight excluding hydrogens is 424 g/mol. The van der Waals surface area contributed by atoms with Crippen molar-refractivity contribution >= 4 is 21.8 Å². The molecule has 0 bridgehead atoms. The van der Waals surface area contributed by atoms with Crippen LogP contribution in [0.4, 0.5) is 0 Å². The van der Waals surface area contributed by atoms with Crippen LogP contribution in [0, 0.1) is 0 Å². The van der Waals surface area contributed by atoms with Crippen LogP contribution in [-0.2, 0) is 6.61 Å². The summed E-state index contributed by atoms with van der Waals surface area (Å²) in [6.07, 6.45) is 1.87. The number of aromatic nitrogens is 3. The molecule has 8 heteroatoms. The molecule has 4 rings (SSSR count). The van der Waals surface area contributed by atoms with Crippen molar-refractivity contribution in [3.8, 4) is 11.5 Å². The zero-order valence-corrected chi connectivity index (χ0v) is 16.9. The molecule has 1 fully saturated rings. The summed E-state index contributed by atoms with van der Waals surface area (Å²) in [6.45, 7) is 1.53. The Balaban J connectivity index is 1.34. The Morgan fingerprint density at radius 3 is 2.71 bits per heavy atom. The fourth-order valence-electron chi connectivity index (χ4n) is 2.99. The Kier molecular flexibility index (Phi) is 5.29. The monoisotopic (exact) mass is 442 g/mol. The highest BCUT2D eigenvalue weighted by molar-refractivity contribution is 9.10. The average Bonchev–Trinajstić information content (AvgIpc) is 3.15. The van der Waals surface area contributed by atoms with Gasteiger partial charge >= 0.3 is 0 Å². The SMILES string of the molecule is COc1ccc(Br)c(C(=O)N2CC(n3cc(COc4ccccc4)nn3)C2)c1. The fourth-order valence-corrected chi connectivity index (χ4v) is 3.40. The lowest BCUT2D eigenvalue weighted by atomic mass is 10.1. The molecule has 0 atom stereocenters. The van der Waals surface area contributed by atoms with E-state index in [1.165, 1.54) is 0 Å². The maximum absolute atomic E-state index is 12.7. The highest BCUT2D eigenvalue weighted by Gasteiger charge is 2.34. The molecule has 0 N–H and O–H groups in total. The van der Waals surface area contributed by atoms with E-state index in [4.69, 9.17) is 9.47 Å². The number of rotatable bonds is 6. The number of ether oxygens (including phenoxy) is 2. The van der Waals surface area contributed by atoms with Crippen LogP contribution in [0.2, 0.25) is 0 Å². The number of amides is 1. The number of hydrogen-bond donors (Lipinski definition) is 0. The molecule has 7 nitrogen and oxygen atoms in total. The first-order valence-corrected chi connectivity index (χ1v) is 9.64. The van der Waals surface area contributed by atoms with Gasteiger partial charge in [0.05, 0.1) is 24.9 Å². The number of hydrogen-bond acceptors (Lipinski definition) is 5. The van der Waals surface area contributed by atoms with Crippen molar-refractivity contribution < 1.29 is 14.3 Å². The molecule has 2 aromatic carbocycles. The quantitative estimate of drug-likeness (QED) is 0.585. The normalized spacial score (nSPS) is 13.9. The van der Waals surface area contributed by atoms with Gasteiger partial charge in [-0.25, -0.2) is 4.68 Å². The van der Waals surface area contributed by atoms with Gasteiger partial charge in [-0.1, -0.05) is 23.4 Å². The molecular formula is C20H19BrN4O3.